The molecule has 212 valence electrons. The fourth-order valence-corrected chi connectivity index (χ4v) is 3.25. The van der Waals surface area contributed by atoms with Crippen LogP contribution in [0.25, 0.3) is 0 Å². The average Bonchev–Trinajstić information content (AvgIpc) is 2.85. The third-order valence-electron chi connectivity index (χ3n) is 5.54. The molecule has 1 heterocycles. The van der Waals surface area contributed by atoms with Gasteiger partial charge in [-0.15, -0.1) is 0 Å². The van der Waals surface area contributed by atoms with Gasteiger partial charge in [-0.25, -0.2) is 10.5 Å². The van der Waals surface area contributed by atoms with Gasteiger partial charge in [0.2, 0.25) is 0 Å². The monoisotopic (exact) mass is 544 g/mol. The van der Waals surface area contributed by atoms with Gasteiger partial charge >= 0.3 is 0 Å². The maximum Gasteiger partial charge on any atom is 0.276 e. The SMILES string of the molecule is C=C(C)/C=C(\C)Nc1cc(Nc2ccccc2C(=O)NOC)c(Cl)cn1.CC(C)C.CCC(C)C(C)CC. The van der Waals surface area contributed by atoms with E-state index in [-0.39, 0.29) is 5.91 Å². The molecule has 6 nitrogen and oxygen atoms in total. The van der Waals surface area contributed by atoms with Gasteiger partial charge in [0.25, 0.3) is 5.91 Å². The van der Waals surface area contributed by atoms with Crippen molar-refractivity contribution in [3.63, 3.8) is 0 Å². The lowest BCUT2D eigenvalue weighted by atomic mass is 9.92. The van der Waals surface area contributed by atoms with Crippen LogP contribution in [-0.4, -0.2) is 18.0 Å². The zero-order valence-electron chi connectivity index (χ0n) is 25.0. The minimum Gasteiger partial charge on any atom is -0.353 e. The zero-order valence-corrected chi connectivity index (χ0v) is 25.8. The Kier molecular flexibility index (Phi) is 17.8. The number of allylic oxidation sites excluding steroid dienone is 3. The van der Waals surface area contributed by atoms with E-state index in [1.165, 1.54) is 26.1 Å². The number of benzene rings is 1. The summed E-state index contributed by atoms with van der Waals surface area (Å²) in [6.45, 7) is 23.4. The highest BCUT2D eigenvalue weighted by Gasteiger charge is 2.12. The highest BCUT2D eigenvalue weighted by atomic mass is 35.5. The molecule has 0 fully saturated rings. The van der Waals surface area contributed by atoms with Crippen molar-refractivity contribution in [2.75, 3.05) is 17.7 Å². The summed E-state index contributed by atoms with van der Waals surface area (Å²) in [5.41, 5.74) is 5.77. The molecule has 38 heavy (non-hydrogen) atoms. The summed E-state index contributed by atoms with van der Waals surface area (Å²) in [6, 6.07) is 8.82. The predicted octanol–water partition coefficient (Wildman–Crippen LogP) is 9.40. The minimum atomic E-state index is -0.362. The van der Waals surface area contributed by atoms with Crippen LogP contribution >= 0.6 is 11.6 Å². The van der Waals surface area contributed by atoms with Crippen molar-refractivity contribution in [1.82, 2.24) is 10.5 Å². The molecule has 3 N–H and O–H groups in total. The lowest BCUT2D eigenvalue weighted by molar-refractivity contribution is 0.0538. The van der Waals surface area contributed by atoms with E-state index in [0.29, 0.717) is 27.8 Å². The molecule has 1 aromatic carbocycles. The Morgan fingerprint density at radius 2 is 1.61 bits per heavy atom. The van der Waals surface area contributed by atoms with Gasteiger partial charge in [0.1, 0.15) is 5.82 Å². The van der Waals surface area contributed by atoms with Gasteiger partial charge in [-0.1, -0.05) is 97.2 Å². The molecule has 0 radical (unpaired) electrons. The molecule has 0 aliphatic heterocycles. The third kappa shape index (κ3) is 14.8. The number of hydrogen-bond donors (Lipinski definition) is 3. The number of nitrogens with zero attached hydrogens (tertiary/aromatic N) is 1. The van der Waals surface area contributed by atoms with Gasteiger partial charge in [0.05, 0.1) is 35.3 Å². The van der Waals surface area contributed by atoms with Crippen molar-refractivity contribution >= 4 is 34.7 Å². The molecule has 0 aliphatic rings. The molecule has 2 aromatic rings. The first-order valence-corrected chi connectivity index (χ1v) is 13.7. The van der Waals surface area contributed by atoms with Crippen LogP contribution in [0, 0.1) is 17.8 Å². The third-order valence-corrected chi connectivity index (χ3v) is 5.84. The van der Waals surface area contributed by atoms with Crippen molar-refractivity contribution in [1.29, 1.82) is 0 Å². The smallest absolute Gasteiger partial charge is 0.276 e. The van der Waals surface area contributed by atoms with Gasteiger partial charge in [0, 0.05) is 11.8 Å². The van der Waals surface area contributed by atoms with Gasteiger partial charge in [-0.3, -0.25) is 9.63 Å². The summed E-state index contributed by atoms with van der Waals surface area (Å²) in [4.78, 5) is 21.1. The van der Waals surface area contributed by atoms with E-state index in [1.807, 2.05) is 26.0 Å². The average molecular weight is 545 g/mol. The van der Waals surface area contributed by atoms with Gasteiger partial charge in [0.15, 0.2) is 0 Å². The maximum atomic E-state index is 12.1. The number of amides is 1. The number of carbonyl (C=O) groups is 1. The lowest BCUT2D eigenvalue weighted by Crippen LogP contribution is -2.22. The van der Waals surface area contributed by atoms with Crippen LogP contribution in [0.15, 0.2) is 60.5 Å². The molecule has 0 spiro atoms. The molecule has 2 atom stereocenters. The topological polar surface area (TPSA) is 75.3 Å². The van der Waals surface area contributed by atoms with E-state index >= 15 is 0 Å². The van der Waals surface area contributed by atoms with Crippen LogP contribution in [0.5, 0.6) is 0 Å². The summed E-state index contributed by atoms with van der Waals surface area (Å²) in [5, 5.41) is 6.77. The Balaban J connectivity index is 0.000000951. The van der Waals surface area contributed by atoms with E-state index in [4.69, 9.17) is 16.4 Å². The molecular formula is C31H49ClN4O2. The van der Waals surface area contributed by atoms with E-state index in [9.17, 15) is 4.79 Å². The molecule has 2 unspecified atom stereocenters. The van der Waals surface area contributed by atoms with Gasteiger partial charge < -0.3 is 10.6 Å². The van der Waals surface area contributed by atoms with Crippen molar-refractivity contribution in [2.45, 2.75) is 75.2 Å². The first kappa shape index (κ1) is 35.2. The zero-order chi connectivity index (χ0) is 29.3. The number of halogens is 1. The number of para-hydroxylation sites is 1. The fraction of sp³-hybridized carbons (Fsp3) is 0.484. The second-order valence-electron chi connectivity index (χ2n) is 10.2. The van der Waals surface area contributed by atoms with Gasteiger partial charge in [-0.2, -0.15) is 0 Å². The van der Waals surface area contributed by atoms with Crippen molar-refractivity contribution in [3.8, 4) is 0 Å². The summed E-state index contributed by atoms with van der Waals surface area (Å²) < 4.78 is 0. The van der Waals surface area contributed by atoms with Crippen LogP contribution in [0.4, 0.5) is 17.2 Å². The summed E-state index contributed by atoms with van der Waals surface area (Å²) >= 11 is 6.25. The molecular weight excluding hydrogens is 496 g/mol. The number of pyridine rings is 1. The molecule has 0 saturated heterocycles. The molecule has 7 heteroatoms. The number of carbonyl (C=O) groups excluding carboxylic acids is 1. The normalized spacial score (nSPS) is 12.3. The number of nitrogens with one attached hydrogen (secondary N) is 3. The predicted molar refractivity (Wildman–Crippen MR) is 165 cm³/mol. The summed E-state index contributed by atoms with van der Waals surface area (Å²) in [7, 11) is 1.38. The quantitative estimate of drug-likeness (QED) is 0.205. The Labute approximate surface area is 236 Å². The molecule has 1 amide bonds. The first-order valence-electron chi connectivity index (χ1n) is 13.3. The highest BCUT2D eigenvalue weighted by molar-refractivity contribution is 6.33. The lowest BCUT2D eigenvalue weighted by Gasteiger charge is -2.14. The Bertz CT molecular complexity index is 1010. The standard InChI is InChI=1S/C19H21ClN4O2.C8H18.C4H10/c1-12(2)9-13(3)22-18-10-17(15(20)11-21-18)23-16-8-6-5-7-14(16)19(25)24-26-4;1-5-7(3)8(4)6-2;1-4(2)3/h5-11H,1H2,2-4H3,(H,24,25)(H2,21,22,23);7-8H,5-6H2,1-4H3;4H,1-3H3/b13-9+;;. The number of aromatic nitrogens is 1. The summed E-state index contributed by atoms with van der Waals surface area (Å²) in [5.74, 6) is 2.92. The summed E-state index contributed by atoms with van der Waals surface area (Å²) in [6.07, 6.45) is 6.11. The molecule has 0 bridgehead atoms. The number of hydrogen-bond acceptors (Lipinski definition) is 5. The van der Waals surface area contributed by atoms with E-state index in [2.05, 4.69) is 76.1 Å². The number of rotatable bonds is 10. The van der Waals surface area contributed by atoms with Gasteiger partial charge in [-0.05, 0) is 49.8 Å². The van der Waals surface area contributed by atoms with Crippen LogP contribution in [0.3, 0.4) is 0 Å². The van der Waals surface area contributed by atoms with Crippen LogP contribution < -0.4 is 16.1 Å². The Morgan fingerprint density at radius 3 is 2.11 bits per heavy atom. The molecule has 0 saturated carbocycles. The fourth-order valence-electron chi connectivity index (χ4n) is 3.10. The molecule has 0 aliphatic carbocycles. The second kappa shape index (κ2) is 19.3. The van der Waals surface area contributed by atoms with Crippen molar-refractivity contribution < 1.29 is 9.63 Å². The number of anilines is 3. The van der Waals surface area contributed by atoms with Crippen LogP contribution in [0.2, 0.25) is 5.02 Å². The second-order valence-corrected chi connectivity index (χ2v) is 10.6. The molecule has 2 rings (SSSR count). The van der Waals surface area contributed by atoms with E-state index in [1.54, 1.807) is 24.3 Å². The highest BCUT2D eigenvalue weighted by Crippen LogP contribution is 2.29. The number of hydroxylamine groups is 1. The van der Waals surface area contributed by atoms with Crippen LogP contribution in [0.1, 0.15) is 85.5 Å². The maximum absolute atomic E-state index is 12.1. The Hall–Kier alpha value is -2.83. The van der Waals surface area contributed by atoms with E-state index in [0.717, 1.165) is 29.0 Å². The first-order chi connectivity index (χ1) is 17.9. The van der Waals surface area contributed by atoms with Crippen molar-refractivity contribution in [2.24, 2.45) is 17.8 Å². The minimum absolute atomic E-state index is 0.362. The molecule has 1 aromatic heterocycles. The van der Waals surface area contributed by atoms with Crippen LogP contribution in [-0.2, 0) is 4.84 Å². The largest absolute Gasteiger partial charge is 0.353 e. The Morgan fingerprint density at radius 1 is 1.05 bits per heavy atom. The van der Waals surface area contributed by atoms with E-state index < -0.39 is 0 Å². The van der Waals surface area contributed by atoms with Crippen molar-refractivity contribution in [3.05, 3.63) is 71.0 Å².